The van der Waals surface area contributed by atoms with Crippen molar-refractivity contribution in [3.05, 3.63) is 35.4 Å². The van der Waals surface area contributed by atoms with Gasteiger partial charge in [0, 0.05) is 51.4 Å². The highest BCUT2D eigenvalue weighted by Gasteiger charge is 2.35. The first-order valence-electron chi connectivity index (χ1n) is 8.20. The number of carbonyl (C=O) groups is 1. The molecule has 5 nitrogen and oxygen atoms in total. The third kappa shape index (κ3) is 4.53. The normalized spacial score (nSPS) is 21.2. The summed E-state index contributed by atoms with van der Waals surface area (Å²) in [5.41, 5.74) is 1.76. The number of hydrogen-bond donors (Lipinski definition) is 1. The van der Waals surface area contributed by atoms with Crippen molar-refractivity contribution in [3.8, 4) is 0 Å². The van der Waals surface area contributed by atoms with E-state index in [0.717, 1.165) is 24.2 Å². The number of benzene rings is 1. The van der Waals surface area contributed by atoms with Crippen LogP contribution in [0.25, 0.3) is 0 Å². The zero-order valence-corrected chi connectivity index (χ0v) is 14.4. The fourth-order valence-corrected chi connectivity index (χ4v) is 3.24. The van der Waals surface area contributed by atoms with Crippen LogP contribution in [0.5, 0.6) is 0 Å². The average Bonchev–Trinajstić information content (AvgIpc) is 2.95. The van der Waals surface area contributed by atoms with Crippen LogP contribution < -0.4 is 0 Å². The van der Waals surface area contributed by atoms with Gasteiger partial charge in [0.05, 0.1) is 6.61 Å². The van der Waals surface area contributed by atoms with Gasteiger partial charge in [0.2, 0.25) is 0 Å². The fraction of sp³-hybridized carbons (Fsp3) is 0.611. The molecule has 0 aromatic heterocycles. The van der Waals surface area contributed by atoms with Crippen molar-refractivity contribution < 1.29 is 14.6 Å². The molecule has 1 aromatic carbocycles. The molecule has 1 aliphatic rings. The summed E-state index contributed by atoms with van der Waals surface area (Å²) in [4.78, 5) is 16.8. The summed E-state index contributed by atoms with van der Waals surface area (Å²) in [6, 6.07) is 7.68. The van der Waals surface area contributed by atoms with Crippen LogP contribution in [-0.2, 0) is 4.74 Å². The lowest BCUT2D eigenvalue weighted by Gasteiger charge is -2.23. The molecule has 1 heterocycles. The van der Waals surface area contributed by atoms with Crippen molar-refractivity contribution in [2.45, 2.75) is 6.92 Å². The Hall–Kier alpha value is -1.43. The van der Waals surface area contributed by atoms with Gasteiger partial charge < -0.3 is 19.6 Å². The second-order valence-electron chi connectivity index (χ2n) is 6.48. The number of nitrogens with zero attached hydrogens (tertiary/aromatic N) is 2. The molecule has 0 spiro atoms. The van der Waals surface area contributed by atoms with Crippen molar-refractivity contribution in [1.82, 2.24) is 9.80 Å². The highest BCUT2D eigenvalue weighted by atomic mass is 16.5. The molecule has 1 N–H and O–H groups in total. The van der Waals surface area contributed by atoms with E-state index in [-0.39, 0.29) is 18.4 Å². The second kappa shape index (κ2) is 8.43. The minimum Gasteiger partial charge on any atom is -0.396 e. The molecule has 5 heteroatoms. The van der Waals surface area contributed by atoms with Gasteiger partial charge in [-0.2, -0.15) is 0 Å². The fourth-order valence-electron chi connectivity index (χ4n) is 3.24. The molecule has 23 heavy (non-hydrogen) atoms. The summed E-state index contributed by atoms with van der Waals surface area (Å²) < 4.78 is 5.10. The Morgan fingerprint density at radius 2 is 2.04 bits per heavy atom. The molecule has 0 radical (unpaired) electrons. The smallest absolute Gasteiger partial charge is 0.254 e. The molecular formula is C18H28N2O3. The van der Waals surface area contributed by atoms with E-state index in [4.69, 9.17) is 4.74 Å². The molecule has 0 bridgehead atoms. The van der Waals surface area contributed by atoms with E-state index in [0.29, 0.717) is 25.6 Å². The van der Waals surface area contributed by atoms with Crippen molar-refractivity contribution in [1.29, 1.82) is 0 Å². The van der Waals surface area contributed by atoms with Crippen LogP contribution in [0.4, 0.5) is 0 Å². The molecule has 1 amide bonds. The molecule has 2 rings (SSSR count). The van der Waals surface area contributed by atoms with E-state index >= 15 is 0 Å². The number of aryl methyl sites for hydroxylation is 1. The van der Waals surface area contributed by atoms with E-state index in [2.05, 4.69) is 11.9 Å². The first-order chi connectivity index (χ1) is 11.1. The molecule has 2 atom stereocenters. The molecule has 1 saturated heterocycles. The molecule has 0 aliphatic carbocycles. The molecule has 1 aliphatic heterocycles. The van der Waals surface area contributed by atoms with Crippen LogP contribution in [0.2, 0.25) is 0 Å². The first-order valence-corrected chi connectivity index (χ1v) is 8.20. The van der Waals surface area contributed by atoms with Gasteiger partial charge in [0.15, 0.2) is 0 Å². The van der Waals surface area contributed by atoms with Crippen LogP contribution in [0.1, 0.15) is 15.9 Å². The van der Waals surface area contributed by atoms with E-state index in [1.165, 1.54) is 0 Å². The molecule has 128 valence electrons. The summed E-state index contributed by atoms with van der Waals surface area (Å²) in [6.07, 6.45) is 0. The number of hydrogen-bond acceptors (Lipinski definition) is 4. The summed E-state index contributed by atoms with van der Waals surface area (Å²) in [7, 11) is 3.75. The van der Waals surface area contributed by atoms with Crippen molar-refractivity contribution >= 4 is 5.91 Å². The molecule has 0 saturated carbocycles. The predicted octanol–water partition coefficient (Wildman–Crippen LogP) is 1.25. The number of rotatable bonds is 7. The monoisotopic (exact) mass is 320 g/mol. The van der Waals surface area contributed by atoms with Crippen LogP contribution in [-0.4, -0.2) is 74.4 Å². The number of amides is 1. The van der Waals surface area contributed by atoms with Gasteiger partial charge in [-0.3, -0.25) is 4.79 Å². The first kappa shape index (κ1) is 17.9. The quantitative estimate of drug-likeness (QED) is 0.822. The lowest BCUT2D eigenvalue weighted by atomic mass is 9.96. The standard InChI is InChI=1S/C18H28N2O3/c1-14-6-4-5-7-17(14)18(22)20-11-15(16(12-20)13-21)10-19(2)8-9-23-3/h4-7,15-16,21H,8-13H2,1-3H3. The largest absolute Gasteiger partial charge is 0.396 e. The van der Waals surface area contributed by atoms with Gasteiger partial charge >= 0.3 is 0 Å². The Labute approximate surface area is 138 Å². The van der Waals surface area contributed by atoms with E-state index in [9.17, 15) is 9.90 Å². The van der Waals surface area contributed by atoms with Gasteiger partial charge in [-0.05, 0) is 31.5 Å². The zero-order valence-electron chi connectivity index (χ0n) is 14.4. The third-order valence-electron chi connectivity index (χ3n) is 4.70. The van der Waals surface area contributed by atoms with Crippen LogP contribution in [0.15, 0.2) is 24.3 Å². The van der Waals surface area contributed by atoms with E-state index < -0.39 is 0 Å². The summed E-state index contributed by atoms with van der Waals surface area (Å²) in [5.74, 6) is 0.520. The lowest BCUT2D eigenvalue weighted by Crippen LogP contribution is -2.34. The minimum atomic E-state index is 0.0728. The summed E-state index contributed by atoms with van der Waals surface area (Å²) in [6.45, 7) is 5.84. The predicted molar refractivity (Wildman–Crippen MR) is 90.5 cm³/mol. The van der Waals surface area contributed by atoms with Crippen LogP contribution >= 0.6 is 0 Å². The van der Waals surface area contributed by atoms with Crippen LogP contribution in [0.3, 0.4) is 0 Å². The molecular weight excluding hydrogens is 292 g/mol. The number of likely N-dealkylation sites (N-methyl/N-ethyl adjacent to an activating group) is 1. The number of ether oxygens (including phenoxy) is 1. The Bertz CT molecular complexity index is 521. The Kier molecular flexibility index (Phi) is 6.57. The Morgan fingerprint density at radius 3 is 2.70 bits per heavy atom. The second-order valence-corrected chi connectivity index (χ2v) is 6.48. The number of likely N-dealkylation sites (tertiary alicyclic amines) is 1. The minimum absolute atomic E-state index is 0.0728. The lowest BCUT2D eigenvalue weighted by molar-refractivity contribution is 0.0778. The zero-order chi connectivity index (χ0) is 16.8. The summed E-state index contributed by atoms with van der Waals surface area (Å²) >= 11 is 0. The SMILES string of the molecule is COCCN(C)CC1CN(C(=O)c2ccccc2C)CC1CO. The third-order valence-corrected chi connectivity index (χ3v) is 4.70. The number of aliphatic hydroxyl groups is 1. The highest BCUT2D eigenvalue weighted by molar-refractivity contribution is 5.95. The Morgan fingerprint density at radius 1 is 1.35 bits per heavy atom. The highest BCUT2D eigenvalue weighted by Crippen LogP contribution is 2.26. The molecule has 2 unspecified atom stereocenters. The van der Waals surface area contributed by atoms with Gasteiger partial charge in [-0.1, -0.05) is 18.2 Å². The van der Waals surface area contributed by atoms with Crippen molar-refractivity contribution in [2.24, 2.45) is 11.8 Å². The van der Waals surface area contributed by atoms with E-state index in [1.54, 1.807) is 7.11 Å². The van der Waals surface area contributed by atoms with E-state index in [1.807, 2.05) is 36.1 Å². The van der Waals surface area contributed by atoms with Crippen molar-refractivity contribution in [2.75, 3.05) is 53.6 Å². The van der Waals surface area contributed by atoms with Crippen LogP contribution in [0, 0.1) is 18.8 Å². The molecule has 1 fully saturated rings. The Balaban J connectivity index is 2.00. The maximum atomic E-state index is 12.7. The molecule has 1 aromatic rings. The number of aliphatic hydroxyl groups excluding tert-OH is 1. The number of carbonyl (C=O) groups excluding carboxylic acids is 1. The van der Waals surface area contributed by atoms with Gasteiger partial charge in [-0.25, -0.2) is 0 Å². The van der Waals surface area contributed by atoms with Gasteiger partial charge in [-0.15, -0.1) is 0 Å². The van der Waals surface area contributed by atoms with Crippen molar-refractivity contribution in [3.63, 3.8) is 0 Å². The summed E-state index contributed by atoms with van der Waals surface area (Å²) in [5, 5.41) is 9.67. The maximum Gasteiger partial charge on any atom is 0.254 e. The van der Waals surface area contributed by atoms with Gasteiger partial charge in [0.25, 0.3) is 5.91 Å². The van der Waals surface area contributed by atoms with Gasteiger partial charge in [0.1, 0.15) is 0 Å². The number of methoxy groups -OCH3 is 1. The topological polar surface area (TPSA) is 53.0 Å². The average molecular weight is 320 g/mol. The maximum absolute atomic E-state index is 12.7.